The fourth-order valence-electron chi connectivity index (χ4n) is 0.926. The largest absolute Gasteiger partial charge is 0.481 e. The van der Waals surface area contributed by atoms with Gasteiger partial charge in [0.1, 0.15) is 5.36 Å². The summed E-state index contributed by atoms with van der Waals surface area (Å²) in [6.45, 7) is 0. The SMILES string of the molecule is COc1ccc2c(n1)=NC(=S)N=2. The van der Waals surface area contributed by atoms with E-state index in [4.69, 9.17) is 17.0 Å². The number of thiocarbonyl (C=S) groups is 1. The molecule has 0 radical (unpaired) electrons. The molecule has 0 aromatic carbocycles. The number of ether oxygens (including phenoxy) is 1. The predicted octanol–water partition coefficient (Wildman–Crippen LogP) is -0.372. The molecule has 1 aromatic rings. The second kappa shape index (κ2) is 2.60. The van der Waals surface area contributed by atoms with Crippen LogP contribution >= 0.6 is 12.2 Å². The minimum atomic E-state index is 0.325. The van der Waals surface area contributed by atoms with Crippen LogP contribution in [0.4, 0.5) is 0 Å². The van der Waals surface area contributed by atoms with Gasteiger partial charge < -0.3 is 4.74 Å². The molecule has 12 heavy (non-hydrogen) atoms. The van der Waals surface area contributed by atoms with Gasteiger partial charge in [0.05, 0.1) is 7.11 Å². The topological polar surface area (TPSA) is 46.8 Å². The average Bonchev–Trinajstić information content (AvgIpc) is 2.43. The van der Waals surface area contributed by atoms with Crippen molar-refractivity contribution in [2.75, 3.05) is 7.11 Å². The first-order valence-electron chi connectivity index (χ1n) is 3.32. The molecule has 0 atom stereocenters. The van der Waals surface area contributed by atoms with Gasteiger partial charge in [-0.25, -0.2) is 4.99 Å². The van der Waals surface area contributed by atoms with E-state index in [-0.39, 0.29) is 0 Å². The van der Waals surface area contributed by atoms with E-state index in [9.17, 15) is 0 Å². The minimum Gasteiger partial charge on any atom is -0.481 e. The van der Waals surface area contributed by atoms with E-state index in [1.165, 1.54) is 0 Å². The van der Waals surface area contributed by atoms with Crippen LogP contribution in [0, 0.1) is 0 Å². The normalized spacial score (nSPS) is 13.2. The molecule has 0 N–H and O–H groups in total. The predicted molar refractivity (Wildman–Crippen MR) is 45.7 cm³/mol. The Balaban J connectivity index is 2.72. The van der Waals surface area contributed by atoms with Crippen LogP contribution in [0.2, 0.25) is 0 Å². The number of rotatable bonds is 1. The maximum absolute atomic E-state index is 4.92. The van der Waals surface area contributed by atoms with Gasteiger partial charge in [0.15, 0.2) is 5.49 Å². The zero-order valence-corrected chi connectivity index (χ0v) is 7.13. The minimum absolute atomic E-state index is 0.325. The summed E-state index contributed by atoms with van der Waals surface area (Å²) in [5.41, 5.74) is 0.541. The lowest BCUT2D eigenvalue weighted by Crippen LogP contribution is -2.25. The second-order valence-electron chi connectivity index (χ2n) is 2.20. The molecule has 0 amide bonds. The first kappa shape index (κ1) is 7.30. The van der Waals surface area contributed by atoms with E-state index in [0.717, 1.165) is 0 Å². The lowest BCUT2D eigenvalue weighted by atomic mass is 10.4. The molecule has 0 fully saturated rings. The smallest absolute Gasteiger partial charge is 0.221 e. The van der Waals surface area contributed by atoms with Crippen molar-refractivity contribution in [3.05, 3.63) is 23.0 Å². The van der Waals surface area contributed by atoms with Crippen molar-refractivity contribution in [1.82, 2.24) is 4.98 Å². The molecule has 0 saturated carbocycles. The Morgan fingerprint density at radius 1 is 1.33 bits per heavy atom. The summed E-state index contributed by atoms with van der Waals surface area (Å²) in [7, 11) is 1.55. The fourth-order valence-corrected chi connectivity index (χ4v) is 1.11. The van der Waals surface area contributed by atoms with E-state index >= 15 is 0 Å². The number of pyridine rings is 1. The fraction of sp³-hybridized carbons (Fsp3) is 0.143. The van der Waals surface area contributed by atoms with Crippen molar-refractivity contribution in [3.63, 3.8) is 0 Å². The van der Waals surface area contributed by atoms with Crippen LogP contribution in [0.25, 0.3) is 0 Å². The lowest BCUT2D eigenvalue weighted by Gasteiger charge is -1.93. The summed E-state index contributed by atoms with van der Waals surface area (Å²) in [4.78, 5) is 12.0. The first-order valence-corrected chi connectivity index (χ1v) is 3.73. The van der Waals surface area contributed by atoms with Gasteiger partial charge in [0, 0.05) is 6.07 Å². The van der Waals surface area contributed by atoms with Crippen molar-refractivity contribution < 1.29 is 4.74 Å². The molecular weight excluding hydrogens is 174 g/mol. The van der Waals surface area contributed by atoms with E-state index in [0.29, 0.717) is 21.8 Å². The van der Waals surface area contributed by atoms with Crippen molar-refractivity contribution in [2.24, 2.45) is 9.98 Å². The van der Waals surface area contributed by atoms with Crippen LogP contribution in [-0.4, -0.2) is 17.2 Å². The van der Waals surface area contributed by atoms with Crippen molar-refractivity contribution in [3.8, 4) is 5.88 Å². The molecule has 1 aromatic heterocycles. The van der Waals surface area contributed by atoms with Crippen LogP contribution in [0.3, 0.4) is 0 Å². The Morgan fingerprint density at radius 2 is 2.17 bits per heavy atom. The molecular formula is C7H5N3OS. The molecule has 2 rings (SSSR count). The van der Waals surface area contributed by atoms with Crippen LogP contribution in [-0.2, 0) is 0 Å². The molecule has 0 bridgehead atoms. The average molecular weight is 179 g/mol. The summed E-state index contributed by atoms with van der Waals surface area (Å²) < 4.78 is 4.92. The number of aromatic nitrogens is 1. The molecule has 0 aliphatic carbocycles. The molecule has 0 unspecified atom stereocenters. The van der Waals surface area contributed by atoms with Crippen LogP contribution < -0.4 is 15.6 Å². The maximum Gasteiger partial charge on any atom is 0.221 e. The second-order valence-corrected chi connectivity index (χ2v) is 2.57. The van der Waals surface area contributed by atoms with E-state index in [1.807, 2.05) is 0 Å². The van der Waals surface area contributed by atoms with Gasteiger partial charge in [0.2, 0.25) is 11.0 Å². The number of hydrogen-bond acceptors (Lipinski definition) is 3. The summed E-state index contributed by atoms with van der Waals surface area (Å²) in [6, 6.07) is 3.51. The van der Waals surface area contributed by atoms with Crippen LogP contribution in [0.15, 0.2) is 22.1 Å². The maximum atomic E-state index is 4.92. The highest BCUT2D eigenvalue weighted by atomic mass is 32.1. The molecule has 5 heteroatoms. The summed E-state index contributed by atoms with van der Waals surface area (Å²) in [5.74, 6) is 0.525. The lowest BCUT2D eigenvalue weighted by molar-refractivity contribution is 0.396. The third kappa shape index (κ3) is 1.08. The monoisotopic (exact) mass is 179 g/mol. The van der Waals surface area contributed by atoms with E-state index in [1.54, 1.807) is 19.2 Å². The number of nitrogens with zero attached hydrogens (tertiary/aromatic N) is 3. The van der Waals surface area contributed by atoms with Gasteiger partial charge in [-0.2, -0.15) is 9.98 Å². The molecule has 2 heterocycles. The van der Waals surface area contributed by atoms with Crippen LogP contribution in [0.5, 0.6) is 5.88 Å². The Labute approximate surface area is 73.6 Å². The van der Waals surface area contributed by atoms with Gasteiger partial charge in [0.25, 0.3) is 0 Å². The zero-order valence-electron chi connectivity index (χ0n) is 6.31. The molecule has 1 aliphatic heterocycles. The van der Waals surface area contributed by atoms with Crippen molar-refractivity contribution in [2.45, 2.75) is 0 Å². The van der Waals surface area contributed by atoms with Crippen molar-refractivity contribution >= 4 is 17.3 Å². The molecule has 60 valence electrons. The summed E-state index contributed by atoms with van der Waals surface area (Å²) >= 11 is 4.79. The number of hydrogen-bond donors (Lipinski definition) is 0. The summed E-state index contributed by atoms with van der Waals surface area (Å²) in [6.07, 6.45) is 0. The highest BCUT2D eigenvalue weighted by Gasteiger charge is 2.03. The first-order chi connectivity index (χ1) is 5.79. The molecule has 4 nitrogen and oxygen atoms in total. The van der Waals surface area contributed by atoms with Gasteiger partial charge >= 0.3 is 0 Å². The number of methoxy groups -OCH3 is 1. The van der Waals surface area contributed by atoms with Gasteiger partial charge in [-0.15, -0.1) is 0 Å². The zero-order chi connectivity index (χ0) is 8.55. The van der Waals surface area contributed by atoms with Crippen molar-refractivity contribution in [1.29, 1.82) is 0 Å². The number of fused-ring (bicyclic) bond motifs is 1. The van der Waals surface area contributed by atoms with Gasteiger partial charge in [-0.05, 0) is 18.3 Å². The Hall–Kier alpha value is -1.36. The van der Waals surface area contributed by atoms with Gasteiger partial charge in [-0.1, -0.05) is 0 Å². The Bertz CT molecular complexity index is 454. The standard InChI is InChI=1S/C7H5N3OS/c1-11-5-3-2-4-6(9-5)10-7(12)8-4/h2-3H,1H3. The summed E-state index contributed by atoms with van der Waals surface area (Å²) in [5, 5.41) is 1.03. The van der Waals surface area contributed by atoms with E-state index in [2.05, 4.69) is 15.0 Å². The van der Waals surface area contributed by atoms with E-state index < -0.39 is 0 Å². The highest BCUT2D eigenvalue weighted by Crippen LogP contribution is 1.97. The Kier molecular flexibility index (Phi) is 1.58. The molecule has 0 saturated heterocycles. The third-order valence-corrected chi connectivity index (χ3v) is 1.64. The third-order valence-electron chi connectivity index (χ3n) is 1.46. The van der Waals surface area contributed by atoms with Gasteiger partial charge in [-0.3, -0.25) is 0 Å². The molecule has 0 spiro atoms. The molecule has 1 aliphatic rings. The van der Waals surface area contributed by atoms with Crippen LogP contribution in [0.1, 0.15) is 0 Å². The highest BCUT2D eigenvalue weighted by molar-refractivity contribution is 7.80. The Morgan fingerprint density at radius 3 is 2.92 bits per heavy atom. The quantitative estimate of drug-likeness (QED) is 0.552.